The molecule has 4 nitrogen and oxygen atoms in total. The second kappa shape index (κ2) is 5.50. The SMILES string of the molecule is CCCCOC(=O)/C(F)=C/C1C(C(=O)O)C1(C)C. The molecule has 1 aliphatic rings. The molecule has 5 heteroatoms. The summed E-state index contributed by atoms with van der Waals surface area (Å²) in [6.07, 6.45) is 2.62. The molecule has 2 unspecified atom stereocenters. The van der Waals surface area contributed by atoms with Crippen molar-refractivity contribution in [2.45, 2.75) is 33.6 Å². The van der Waals surface area contributed by atoms with Gasteiger partial charge in [0.25, 0.3) is 0 Å². The molecule has 1 fully saturated rings. The predicted molar refractivity (Wildman–Crippen MR) is 63.5 cm³/mol. The van der Waals surface area contributed by atoms with Crippen molar-refractivity contribution in [3.8, 4) is 0 Å². The Labute approximate surface area is 106 Å². The number of carboxylic acids is 1. The minimum absolute atomic E-state index is 0.188. The topological polar surface area (TPSA) is 63.6 Å². The Morgan fingerprint density at radius 3 is 2.50 bits per heavy atom. The Bertz CT molecular complexity index is 373. The molecule has 0 spiro atoms. The van der Waals surface area contributed by atoms with Crippen LogP contribution in [0.15, 0.2) is 11.9 Å². The molecule has 0 heterocycles. The van der Waals surface area contributed by atoms with Crippen LogP contribution in [-0.2, 0) is 14.3 Å². The van der Waals surface area contributed by atoms with Crippen LogP contribution in [-0.4, -0.2) is 23.7 Å². The molecular weight excluding hydrogens is 239 g/mol. The van der Waals surface area contributed by atoms with Gasteiger partial charge in [-0.15, -0.1) is 0 Å². The zero-order valence-corrected chi connectivity index (χ0v) is 10.9. The molecular formula is C13H19FO4. The lowest BCUT2D eigenvalue weighted by Gasteiger charge is -2.01. The molecule has 18 heavy (non-hydrogen) atoms. The Hall–Kier alpha value is -1.39. The third-order valence-corrected chi connectivity index (χ3v) is 3.43. The number of esters is 1. The average molecular weight is 258 g/mol. The first kappa shape index (κ1) is 14.7. The number of unbranched alkanes of at least 4 members (excludes halogenated alkanes) is 1. The van der Waals surface area contributed by atoms with Crippen molar-refractivity contribution in [2.75, 3.05) is 6.61 Å². The highest BCUT2D eigenvalue weighted by Gasteiger charge is 2.61. The van der Waals surface area contributed by atoms with Crippen LogP contribution in [0.25, 0.3) is 0 Å². The average Bonchev–Trinajstić information content (AvgIpc) is 2.80. The van der Waals surface area contributed by atoms with Crippen molar-refractivity contribution in [1.29, 1.82) is 0 Å². The number of hydrogen-bond donors (Lipinski definition) is 1. The molecule has 1 saturated carbocycles. The van der Waals surface area contributed by atoms with Gasteiger partial charge in [0.05, 0.1) is 12.5 Å². The van der Waals surface area contributed by atoms with E-state index < -0.39 is 35.0 Å². The molecule has 1 aliphatic carbocycles. The minimum Gasteiger partial charge on any atom is -0.481 e. The summed E-state index contributed by atoms with van der Waals surface area (Å²) in [5.74, 6) is -4.04. The summed E-state index contributed by atoms with van der Waals surface area (Å²) in [4.78, 5) is 22.1. The van der Waals surface area contributed by atoms with E-state index in [0.29, 0.717) is 6.42 Å². The van der Waals surface area contributed by atoms with Crippen LogP contribution in [0.3, 0.4) is 0 Å². The van der Waals surface area contributed by atoms with Crippen molar-refractivity contribution in [1.82, 2.24) is 0 Å². The largest absolute Gasteiger partial charge is 0.481 e. The predicted octanol–water partition coefficient (Wildman–Crippen LogP) is 2.54. The maximum absolute atomic E-state index is 13.5. The Kier molecular flexibility index (Phi) is 4.48. The Balaban J connectivity index is 2.57. The fourth-order valence-electron chi connectivity index (χ4n) is 2.06. The highest BCUT2D eigenvalue weighted by atomic mass is 19.1. The van der Waals surface area contributed by atoms with Crippen LogP contribution >= 0.6 is 0 Å². The monoisotopic (exact) mass is 258 g/mol. The van der Waals surface area contributed by atoms with Gasteiger partial charge in [0, 0.05) is 0 Å². The van der Waals surface area contributed by atoms with Crippen LogP contribution in [0.5, 0.6) is 0 Å². The maximum Gasteiger partial charge on any atom is 0.366 e. The van der Waals surface area contributed by atoms with Gasteiger partial charge in [0.1, 0.15) is 0 Å². The van der Waals surface area contributed by atoms with Crippen molar-refractivity contribution < 1.29 is 23.8 Å². The van der Waals surface area contributed by atoms with Gasteiger partial charge in [0.15, 0.2) is 0 Å². The Morgan fingerprint density at radius 1 is 1.44 bits per heavy atom. The number of carbonyl (C=O) groups excluding carboxylic acids is 1. The first-order valence-corrected chi connectivity index (χ1v) is 6.09. The molecule has 102 valence electrons. The van der Waals surface area contributed by atoms with E-state index in [2.05, 4.69) is 0 Å². The summed E-state index contributed by atoms with van der Waals surface area (Å²) in [6, 6.07) is 0. The van der Waals surface area contributed by atoms with Crippen LogP contribution in [0.2, 0.25) is 0 Å². The van der Waals surface area contributed by atoms with E-state index in [9.17, 15) is 14.0 Å². The van der Waals surface area contributed by atoms with Crippen LogP contribution in [0.4, 0.5) is 4.39 Å². The molecule has 0 aromatic heterocycles. The number of aliphatic carboxylic acids is 1. The molecule has 0 bridgehead atoms. The van der Waals surface area contributed by atoms with Gasteiger partial charge in [-0.2, -0.15) is 4.39 Å². The smallest absolute Gasteiger partial charge is 0.366 e. The quantitative estimate of drug-likeness (QED) is 0.452. The van der Waals surface area contributed by atoms with Crippen LogP contribution < -0.4 is 0 Å². The first-order chi connectivity index (χ1) is 8.32. The van der Waals surface area contributed by atoms with Gasteiger partial charge in [0.2, 0.25) is 5.83 Å². The number of rotatable bonds is 6. The second-order valence-corrected chi connectivity index (χ2v) is 5.17. The van der Waals surface area contributed by atoms with Gasteiger partial charge in [-0.05, 0) is 23.8 Å². The summed E-state index contributed by atoms with van der Waals surface area (Å²) in [7, 11) is 0. The fraction of sp³-hybridized carbons (Fsp3) is 0.692. The molecule has 0 amide bonds. The summed E-state index contributed by atoms with van der Waals surface area (Å²) < 4.78 is 18.2. The Morgan fingerprint density at radius 2 is 2.06 bits per heavy atom. The van der Waals surface area contributed by atoms with Crippen LogP contribution in [0, 0.1) is 17.3 Å². The number of carboxylic acid groups (broad SMARTS) is 1. The zero-order valence-electron chi connectivity index (χ0n) is 10.9. The minimum atomic E-state index is -1.00. The van der Waals surface area contributed by atoms with Crippen LogP contribution in [0.1, 0.15) is 33.6 Å². The number of halogens is 1. The molecule has 0 radical (unpaired) electrons. The normalized spacial score (nSPS) is 25.7. The van der Waals surface area contributed by atoms with E-state index in [1.165, 1.54) is 0 Å². The molecule has 0 saturated heterocycles. The molecule has 0 aliphatic heterocycles. The molecule has 2 atom stereocenters. The third-order valence-electron chi connectivity index (χ3n) is 3.43. The summed E-state index contributed by atoms with van der Waals surface area (Å²) >= 11 is 0. The van der Waals surface area contributed by atoms with Gasteiger partial charge < -0.3 is 9.84 Å². The summed E-state index contributed by atoms with van der Waals surface area (Å²) in [6.45, 7) is 5.60. The lowest BCUT2D eigenvalue weighted by atomic mass is 10.1. The van der Waals surface area contributed by atoms with Gasteiger partial charge in [-0.3, -0.25) is 4.79 Å². The zero-order chi connectivity index (χ0) is 13.9. The third kappa shape index (κ3) is 3.09. The molecule has 0 aromatic rings. The van der Waals surface area contributed by atoms with Crippen molar-refractivity contribution in [2.24, 2.45) is 17.3 Å². The van der Waals surface area contributed by atoms with Crippen molar-refractivity contribution in [3.05, 3.63) is 11.9 Å². The number of ether oxygens (including phenoxy) is 1. The van der Waals surface area contributed by atoms with Gasteiger partial charge >= 0.3 is 11.9 Å². The van der Waals surface area contributed by atoms with Gasteiger partial charge in [-0.25, -0.2) is 4.79 Å². The summed E-state index contributed by atoms with van der Waals surface area (Å²) in [5.41, 5.74) is -0.507. The number of hydrogen-bond acceptors (Lipinski definition) is 3. The lowest BCUT2D eigenvalue weighted by molar-refractivity contribution is -0.141. The van der Waals surface area contributed by atoms with E-state index in [0.717, 1.165) is 12.5 Å². The van der Waals surface area contributed by atoms with Gasteiger partial charge in [-0.1, -0.05) is 27.2 Å². The standard InChI is InChI=1S/C13H19FO4/c1-4-5-6-18-12(17)9(14)7-8-10(11(15)16)13(8,2)3/h7-8,10H,4-6H2,1-3H3,(H,15,16)/b9-7-. The highest BCUT2D eigenvalue weighted by molar-refractivity contribution is 5.86. The van der Waals surface area contributed by atoms with Crippen molar-refractivity contribution in [3.63, 3.8) is 0 Å². The van der Waals surface area contributed by atoms with E-state index in [1.54, 1.807) is 13.8 Å². The maximum atomic E-state index is 13.5. The first-order valence-electron chi connectivity index (χ1n) is 6.09. The lowest BCUT2D eigenvalue weighted by Crippen LogP contribution is -2.07. The van der Waals surface area contributed by atoms with E-state index in [4.69, 9.17) is 9.84 Å². The highest BCUT2D eigenvalue weighted by Crippen LogP contribution is 2.59. The molecule has 0 aromatic carbocycles. The fourth-order valence-corrected chi connectivity index (χ4v) is 2.06. The van der Waals surface area contributed by atoms with Crippen molar-refractivity contribution >= 4 is 11.9 Å². The van der Waals surface area contributed by atoms with E-state index >= 15 is 0 Å². The number of allylic oxidation sites excluding steroid dienone is 1. The molecule has 1 N–H and O–H groups in total. The second-order valence-electron chi connectivity index (χ2n) is 5.17. The van der Waals surface area contributed by atoms with E-state index in [1.807, 2.05) is 6.92 Å². The van der Waals surface area contributed by atoms with E-state index in [-0.39, 0.29) is 6.61 Å². The number of carbonyl (C=O) groups is 2. The summed E-state index contributed by atoms with van der Waals surface area (Å²) in [5, 5.41) is 8.92. The molecule has 1 rings (SSSR count).